The molecule has 0 radical (unpaired) electrons. The van der Waals surface area contributed by atoms with E-state index in [9.17, 15) is 9.90 Å². The van der Waals surface area contributed by atoms with Gasteiger partial charge >= 0.3 is 6.09 Å². The number of aliphatic hydroxyl groups excluding tert-OH is 1. The molecule has 0 aliphatic carbocycles. The Balaban J connectivity index is 3.55. The third kappa shape index (κ3) is 14.9. The number of ether oxygens (including phenoxy) is 1. The average Bonchev–Trinajstić information content (AvgIpc) is 2.47. The Hall–Kier alpha value is -1.29. The van der Waals surface area contributed by atoms with Gasteiger partial charge in [0.05, 0.1) is 12.7 Å². The van der Waals surface area contributed by atoms with Crippen LogP contribution in [-0.4, -0.2) is 30.5 Å². The zero-order valence-electron chi connectivity index (χ0n) is 13.5. The van der Waals surface area contributed by atoms with E-state index in [1.54, 1.807) is 6.08 Å². The molecule has 0 heterocycles. The van der Waals surface area contributed by atoms with Gasteiger partial charge in [0.15, 0.2) is 0 Å². The van der Waals surface area contributed by atoms with E-state index in [1.165, 1.54) is 0 Å². The van der Waals surface area contributed by atoms with E-state index >= 15 is 0 Å². The number of hydrogen-bond acceptors (Lipinski definition) is 3. The normalized spacial score (nSPS) is 12.9. The average molecular weight is 297 g/mol. The predicted octanol–water partition coefficient (Wildman–Crippen LogP) is 3.96. The summed E-state index contributed by atoms with van der Waals surface area (Å²) in [6.07, 6.45) is 13.8. The molecular formula is C17H31NO3. The van der Waals surface area contributed by atoms with Crippen LogP contribution < -0.4 is 5.32 Å². The van der Waals surface area contributed by atoms with Gasteiger partial charge in [-0.15, -0.1) is 0 Å². The van der Waals surface area contributed by atoms with Crippen molar-refractivity contribution in [2.75, 3.05) is 13.2 Å². The zero-order chi connectivity index (χ0) is 15.8. The summed E-state index contributed by atoms with van der Waals surface area (Å²) in [5.41, 5.74) is 0. The maximum absolute atomic E-state index is 11.3. The zero-order valence-corrected chi connectivity index (χ0v) is 13.5. The summed E-state index contributed by atoms with van der Waals surface area (Å²) in [6, 6.07) is 0. The maximum atomic E-state index is 11.3. The number of aliphatic hydroxyl groups is 1. The Morgan fingerprint density at radius 3 is 2.57 bits per heavy atom. The van der Waals surface area contributed by atoms with E-state index in [-0.39, 0.29) is 12.2 Å². The standard InChI is InChI=1S/C17H31NO3/c1-3-5-8-12-16(19)13-9-7-10-14-18-17(20)21-15-11-6-4-2/h7,9-10,13,16,19H,3-6,8,11-12,14-15H2,1-2H3,(H,18,20)/b10-7-,13-9+/t16-/m0/s1. The minimum atomic E-state index is -0.377. The molecule has 0 bridgehead atoms. The number of alkyl carbamates (subject to hydrolysis) is 1. The molecule has 0 aromatic carbocycles. The fraction of sp³-hybridized carbons (Fsp3) is 0.706. The summed E-state index contributed by atoms with van der Waals surface area (Å²) in [5.74, 6) is 0. The van der Waals surface area contributed by atoms with Gasteiger partial charge in [-0.05, 0) is 12.8 Å². The highest BCUT2D eigenvalue weighted by Gasteiger charge is 1.98. The van der Waals surface area contributed by atoms with Gasteiger partial charge in [0.1, 0.15) is 0 Å². The fourth-order valence-electron chi connectivity index (χ4n) is 1.75. The highest BCUT2D eigenvalue weighted by atomic mass is 16.5. The van der Waals surface area contributed by atoms with E-state index in [1.807, 2.05) is 18.2 Å². The van der Waals surface area contributed by atoms with Crippen LogP contribution in [0.5, 0.6) is 0 Å². The monoisotopic (exact) mass is 297 g/mol. The molecular weight excluding hydrogens is 266 g/mol. The third-order valence-corrected chi connectivity index (χ3v) is 3.03. The molecule has 0 rings (SSSR count). The molecule has 1 atom stereocenters. The van der Waals surface area contributed by atoms with E-state index in [0.29, 0.717) is 13.2 Å². The molecule has 0 aliphatic rings. The Bertz CT molecular complexity index is 300. The van der Waals surface area contributed by atoms with Gasteiger partial charge in [-0.25, -0.2) is 4.79 Å². The number of amides is 1. The lowest BCUT2D eigenvalue weighted by atomic mass is 10.1. The van der Waals surface area contributed by atoms with Crippen molar-refractivity contribution in [2.45, 2.75) is 64.9 Å². The van der Waals surface area contributed by atoms with Crippen molar-refractivity contribution in [2.24, 2.45) is 0 Å². The summed E-state index contributed by atoms with van der Waals surface area (Å²) >= 11 is 0. The van der Waals surface area contributed by atoms with E-state index in [4.69, 9.17) is 4.74 Å². The van der Waals surface area contributed by atoms with E-state index in [2.05, 4.69) is 19.2 Å². The topological polar surface area (TPSA) is 58.6 Å². The third-order valence-electron chi connectivity index (χ3n) is 3.03. The van der Waals surface area contributed by atoms with Crippen LogP contribution in [0.2, 0.25) is 0 Å². The van der Waals surface area contributed by atoms with Gasteiger partial charge in [0.2, 0.25) is 0 Å². The van der Waals surface area contributed by atoms with Crippen LogP contribution >= 0.6 is 0 Å². The summed E-state index contributed by atoms with van der Waals surface area (Å²) in [7, 11) is 0. The van der Waals surface area contributed by atoms with Crippen molar-refractivity contribution >= 4 is 6.09 Å². The molecule has 0 aliphatic heterocycles. The van der Waals surface area contributed by atoms with Gasteiger partial charge in [-0.2, -0.15) is 0 Å². The molecule has 0 unspecified atom stereocenters. The lowest BCUT2D eigenvalue weighted by Gasteiger charge is -2.04. The van der Waals surface area contributed by atoms with Crippen LogP contribution in [0.4, 0.5) is 4.79 Å². The number of carbonyl (C=O) groups is 1. The molecule has 0 fully saturated rings. The molecule has 4 nitrogen and oxygen atoms in total. The smallest absolute Gasteiger partial charge is 0.407 e. The number of nitrogens with one attached hydrogen (secondary N) is 1. The van der Waals surface area contributed by atoms with Gasteiger partial charge < -0.3 is 15.2 Å². The van der Waals surface area contributed by atoms with Crippen molar-refractivity contribution in [1.29, 1.82) is 0 Å². The predicted molar refractivity (Wildman–Crippen MR) is 87.3 cm³/mol. The second-order valence-electron chi connectivity index (χ2n) is 5.10. The summed E-state index contributed by atoms with van der Waals surface area (Å²) < 4.78 is 5.00. The Morgan fingerprint density at radius 2 is 1.86 bits per heavy atom. The second kappa shape index (κ2) is 15.1. The number of carbonyl (C=O) groups excluding carboxylic acids is 1. The first kappa shape index (κ1) is 19.7. The van der Waals surface area contributed by atoms with Gasteiger partial charge in [0.25, 0.3) is 0 Å². The number of hydrogen-bond donors (Lipinski definition) is 2. The molecule has 0 aromatic heterocycles. The van der Waals surface area contributed by atoms with Gasteiger partial charge in [-0.3, -0.25) is 0 Å². The summed E-state index contributed by atoms with van der Waals surface area (Å²) in [5, 5.41) is 12.3. The lowest BCUT2D eigenvalue weighted by molar-refractivity contribution is 0.145. The van der Waals surface area contributed by atoms with Gasteiger partial charge in [-0.1, -0.05) is 70.3 Å². The van der Waals surface area contributed by atoms with E-state index < -0.39 is 0 Å². The van der Waals surface area contributed by atoms with Crippen LogP contribution in [0.3, 0.4) is 0 Å². The molecule has 1 amide bonds. The SMILES string of the molecule is CCCCCOC(=O)NC/C=C\C=C\[C@@H](O)CCCCC. The molecule has 0 saturated heterocycles. The van der Waals surface area contributed by atoms with Crippen molar-refractivity contribution in [3.05, 3.63) is 24.3 Å². The van der Waals surface area contributed by atoms with Gasteiger partial charge in [0, 0.05) is 6.54 Å². The summed E-state index contributed by atoms with van der Waals surface area (Å²) in [4.78, 5) is 11.3. The number of rotatable bonds is 12. The second-order valence-corrected chi connectivity index (χ2v) is 5.10. The largest absolute Gasteiger partial charge is 0.450 e. The van der Waals surface area contributed by atoms with Crippen LogP contribution in [0.25, 0.3) is 0 Å². The molecule has 2 N–H and O–H groups in total. The maximum Gasteiger partial charge on any atom is 0.407 e. The van der Waals surface area contributed by atoms with Crippen LogP contribution in [0.1, 0.15) is 58.8 Å². The van der Waals surface area contributed by atoms with Crippen molar-refractivity contribution in [3.63, 3.8) is 0 Å². The minimum absolute atomic E-state index is 0.376. The highest BCUT2D eigenvalue weighted by Crippen LogP contribution is 2.04. The molecule has 21 heavy (non-hydrogen) atoms. The number of unbranched alkanes of at least 4 members (excludes halogenated alkanes) is 4. The lowest BCUT2D eigenvalue weighted by Crippen LogP contribution is -2.24. The Labute approximate surface area is 129 Å². The first-order valence-corrected chi connectivity index (χ1v) is 8.12. The van der Waals surface area contributed by atoms with Crippen molar-refractivity contribution < 1.29 is 14.6 Å². The fourth-order valence-corrected chi connectivity index (χ4v) is 1.75. The van der Waals surface area contributed by atoms with E-state index in [0.717, 1.165) is 44.9 Å². The van der Waals surface area contributed by atoms with Crippen LogP contribution in [0, 0.1) is 0 Å². The van der Waals surface area contributed by atoms with Crippen LogP contribution in [-0.2, 0) is 4.74 Å². The number of allylic oxidation sites excluding steroid dienone is 2. The molecule has 0 spiro atoms. The molecule has 0 aromatic rings. The van der Waals surface area contributed by atoms with Crippen molar-refractivity contribution in [1.82, 2.24) is 5.32 Å². The minimum Gasteiger partial charge on any atom is -0.450 e. The first-order valence-electron chi connectivity index (χ1n) is 8.12. The quantitative estimate of drug-likeness (QED) is 0.423. The Kier molecular flexibility index (Phi) is 14.2. The summed E-state index contributed by atoms with van der Waals surface area (Å²) in [6.45, 7) is 5.17. The van der Waals surface area contributed by atoms with Crippen LogP contribution in [0.15, 0.2) is 24.3 Å². The van der Waals surface area contributed by atoms with Crippen molar-refractivity contribution in [3.8, 4) is 0 Å². The molecule has 122 valence electrons. The molecule has 4 heteroatoms. The molecule has 0 saturated carbocycles. The first-order chi connectivity index (χ1) is 10.2. The highest BCUT2D eigenvalue weighted by molar-refractivity contribution is 5.67. The Morgan fingerprint density at radius 1 is 1.14 bits per heavy atom.